The molecule has 0 saturated carbocycles. The van der Waals surface area contributed by atoms with E-state index in [0.29, 0.717) is 5.56 Å². The van der Waals surface area contributed by atoms with E-state index in [9.17, 15) is 34.2 Å². The van der Waals surface area contributed by atoms with Crippen LogP contribution in [0.25, 0.3) is 10.9 Å². The SMILES string of the molecule is CC(C)C(NC(=O)C(N)Cc1ccccc1)C(=O)NC(CC(=O)O)C(=O)NC(Cc1c[nH]c2ccccc12)C(=O)O. The molecule has 8 N–H and O–H groups in total. The summed E-state index contributed by atoms with van der Waals surface area (Å²) in [5.74, 6) is -5.53. The summed E-state index contributed by atoms with van der Waals surface area (Å²) in [5, 5.41) is 27.2. The van der Waals surface area contributed by atoms with Crippen molar-refractivity contribution in [2.24, 2.45) is 11.7 Å². The van der Waals surface area contributed by atoms with E-state index in [-0.39, 0.29) is 12.8 Å². The van der Waals surface area contributed by atoms with Gasteiger partial charge < -0.3 is 36.9 Å². The van der Waals surface area contributed by atoms with E-state index in [0.717, 1.165) is 16.5 Å². The third-order valence-electron chi connectivity index (χ3n) is 6.61. The van der Waals surface area contributed by atoms with Crippen molar-refractivity contribution in [3.63, 3.8) is 0 Å². The first kappa shape index (κ1) is 30.8. The lowest BCUT2D eigenvalue weighted by Crippen LogP contribution is -2.59. The van der Waals surface area contributed by atoms with Gasteiger partial charge in [-0.15, -0.1) is 0 Å². The van der Waals surface area contributed by atoms with Crippen LogP contribution >= 0.6 is 0 Å². The zero-order valence-electron chi connectivity index (χ0n) is 22.8. The molecule has 4 atom stereocenters. The molecule has 0 aliphatic heterocycles. The fraction of sp³-hybridized carbons (Fsp3) is 0.345. The van der Waals surface area contributed by atoms with Gasteiger partial charge in [-0.05, 0) is 29.5 Å². The molecule has 12 nitrogen and oxygen atoms in total. The number of aromatic amines is 1. The van der Waals surface area contributed by atoms with Crippen molar-refractivity contribution in [1.82, 2.24) is 20.9 Å². The van der Waals surface area contributed by atoms with E-state index < -0.39 is 66.2 Å². The van der Waals surface area contributed by atoms with Gasteiger partial charge in [-0.25, -0.2) is 4.79 Å². The number of nitrogens with two attached hydrogens (primary N) is 1. The van der Waals surface area contributed by atoms with Crippen LogP contribution in [0.15, 0.2) is 60.8 Å². The zero-order chi connectivity index (χ0) is 30.1. The highest BCUT2D eigenvalue weighted by Gasteiger charge is 2.33. The van der Waals surface area contributed by atoms with Crippen molar-refractivity contribution >= 4 is 40.6 Å². The number of nitrogens with one attached hydrogen (secondary N) is 4. The monoisotopic (exact) mass is 565 g/mol. The predicted octanol–water partition coefficient (Wildman–Crippen LogP) is 0.950. The molecule has 3 rings (SSSR count). The highest BCUT2D eigenvalue weighted by atomic mass is 16.4. The molecule has 0 radical (unpaired) electrons. The van der Waals surface area contributed by atoms with Gasteiger partial charge in [0.25, 0.3) is 0 Å². The Morgan fingerprint density at radius 2 is 1.44 bits per heavy atom. The van der Waals surface area contributed by atoms with Crippen LogP contribution in [0.3, 0.4) is 0 Å². The number of carboxylic acids is 2. The Morgan fingerprint density at radius 3 is 2.07 bits per heavy atom. The maximum atomic E-state index is 13.2. The molecule has 0 spiro atoms. The van der Waals surface area contributed by atoms with Gasteiger partial charge >= 0.3 is 11.9 Å². The van der Waals surface area contributed by atoms with Crippen LogP contribution in [0.1, 0.15) is 31.4 Å². The van der Waals surface area contributed by atoms with Crippen molar-refractivity contribution in [1.29, 1.82) is 0 Å². The molecule has 12 heteroatoms. The fourth-order valence-corrected chi connectivity index (χ4v) is 4.39. The van der Waals surface area contributed by atoms with Gasteiger partial charge in [0.15, 0.2) is 0 Å². The summed E-state index contributed by atoms with van der Waals surface area (Å²) < 4.78 is 0. The molecule has 1 heterocycles. The number of aromatic nitrogens is 1. The summed E-state index contributed by atoms with van der Waals surface area (Å²) in [6, 6.07) is 11.3. The van der Waals surface area contributed by atoms with Gasteiger partial charge in [-0.1, -0.05) is 62.4 Å². The van der Waals surface area contributed by atoms with Crippen LogP contribution in [-0.4, -0.2) is 69.0 Å². The van der Waals surface area contributed by atoms with Gasteiger partial charge in [0, 0.05) is 23.5 Å². The van der Waals surface area contributed by atoms with E-state index in [4.69, 9.17) is 5.73 Å². The summed E-state index contributed by atoms with van der Waals surface area (Å²) in [5.41, 5.74) is 8.31. The number of carboxylic acid groups (broad SMARTS) is 2. The molecule has 0 saturated heterocycles. The topological polar surface area (TPSA) is 204 Å². The summed E-state index contributed by atoms with van der Waals surface area (Å²) >= 11 is 0. The van der Waals surface area contributed by atoms with Gasteiger partial charge in [-0.3, -0.25) is 19.2 Å². The quantitative estimate of drug-likeness (QED) is 0.150. The van der Waals surface area contributed by atoms with Crippen LogP contribution in [0.2, 0.25) is 0 Å². The maximum absolute atomic E-state index is 13.2. The number of fused-ring (bicyclic) bond motifs is 1. The van der Waals surface area contributed by atoms with Crippen molar-refractivity contribution in [2.45, 2.75) is 57.3 Å². The van der Waals surface area contributed by atoms with Crippen LogP contribution < -0.4 is 21.7 Å². The van der Waals surface area contributed by atoms with E-state index in [1.165, 1.54) is 0 Å². The van der Waals surface area contributed by atoms with Crippen LogP contribution in [0.4, 0.5) is 0 Å². The number of carbonyl (C=O) groups excluding carboxylic acids is 3. The molecule has 41 heavy (non-hydrogen) atoms. The van der Waals surface area contributed by atoms with Crippen molar-refractivity contribution < 1.29 is 34.2 Å². The minimum Gasteiger partial charge on any atom is -0.481 e. The Kier molecular flexibility index (Phi) is 10.6. The fourth-order valence-electron chi connectivity index (χ4n) is 4.39. The van der Waals surface area contributed by atoms with Crippen LogP contribution in [0, 0.1) is 5.92 Å². The van der Waals surface area contributed by atoms with Crippen molar-refractivity contribution in [2.75, 3.05) is 0 Å². The summed E-state index contributed by atoms with van der Waals surface area (Å²) in [6.07, 6.45) is 0.990. The van der Waals surface area contributed by atoms with E-state index in [2.05, 4.69) is 20.9 Å². The van der Waals surface area contributed by atoms with E-state index >= 15 is 0 Å². The van der Waals surface area contributed by atoms with Gasteiger partial charge in [0.05, 0.1) is 12.5 Å². The first-order valence-corrected chi connectivity index (χ1v) is 13.2. The lowest BCUT2D eigenvalue weighted by Gasteiger charge is -2.26. The second kappa shape index (κ2) is 14.1. The number of amides is 3. The maximum Gasteiger partial charge on any atom is 0.326 e. The number of benzene rings is 2. The minimum absolute atomic E-state index is 0.0806. The zero-order valence-corrected chi connectivity index (χ0v) is 22.8. The number of para-hydroxylation sites is 1. The number of hydrogen-bond acceptors (Lipinski definition) is 6. The number of rotatable bonds is 14. The molecule has 3 amide bonds. The third-order valence-corrected chi connectivity index (χ3v) is 6.61. The molecule has 0 fully saturated rings. The Hall–Kier alpha value is -4.71. The summed E-state index contributed by atoms with van der Waals surface area (Å²) in [6.45, 7) is 3.34. The average molecular weight is 566 g/mol. The van der Waals surface area contributed by atoms with Gasteiger partial charge in [0.1, 0.15) is 18.1 Å². The van der Waals surface area contributed by atoms with Crippen molar-refractivity contribution in [3.8, 4) is 0 Å². The first-order chi connectivity index (χ1) is 19.5. The molecule has 218 valence electrons. The van der Waals surface area contributed by atoms with E-state index in [1.807, 2.05) is 42.5 Å². The molecule has 0 aliphatic carbocycles. The van der Waals surface area contributed by atoms with Crippen LogP contribution in [-0.2, 0) is 36.8 Å². The largest absolute Gasteiger partial charge is 0.481 e. The molecule has 2 aromatic carbocycles. The summed E-state index contributed by atoms with van der Waals surface area (Å²) in [4.78, 5) is 65.6. The number of aliphatic carboxylic acids is 2. The Morgan fingerprint density at radius 1 is 0.805 bits per heavy atom. The predicted molar refractivity (Wildman–Crippen MR) is 151 cm³/mol. The standard InChI is InChI=1S/C29H35N5O7/c1-16(2)25(34-26(37)20(30)12-17-8-4-3-5-9-17)28(39)32-22(14-24(35)36)27(38)33-23(29(40)41)13-18-15-31-21-11-7-6-10-19(18)21/h3-11,15-16,20,22-23,25,31H,12-14,30H2,1-2H3,(H,32,39)(H,33,38)(H,34,37)(H,35,36)(H,40,41). The normalized spacial score (nSPS) is 14.0. The Bertz CT molecular complexity index is 1390. The lowest BCUT2D eigenvalue weighted by atomic mass is 10.0. The Labute approximate surface area is 236 Å². The minimum atomic E-state index is -1.60. The molecule has 4 unspecified atom stereocenters. The van der Waals surface area contributed by atoms with Gasteiger partial charge in [-0.2, -0.15) is 0 Å². The molecule has 0 aliphatic rings. The lowest BCUT2D eigenvalue weighted by molar-refractivity contribution is -0.143. The first-order valence-electron chi connectivity index (χ1n) is 13.2. The number of hydrogen-bond donors (Lipinski definition) is 7. The molecule has 1 aromatic heterocycles. The third kappa shape index (κ3) is 8.64. The number of carbonyl (C=O) groups is 5. The average Bonchev–Trinajstić information content (AvgIpc) is 3.33. The second-order valence-electron chi connectivity index (χ2n) is 10.1. The van der Waals surface area contributed by atoms with Crippen molar-refractivity contribution in [3.05, 3.63) is 71.9 Å². The molecular weight excluding hydrogens is 530 g/mol. The molecule has 3 aromatic rings. The van der Waals surface area contributed by atoms with E-state index in [1.54, 1.807) is 32.2 Å². The molecular formula is C29H35N5O7. The molecule has 0 bridgehead atoms. The summed E-state index contributed by atoms with van der Waals surface area (Å²) in [7, 11) is 0. The van der Waals surface area contributed by atoms with Gasteiger partial charge in [0.2, 0.25) is 17.7 Å². The Balaban J connectivity index is 1.70. The highest BCUT2D eigenvalue weighted by molar-refractivity contribution is 5.96. The van der Waals surface area contributed by atoms with Crippen LogP contribution in [0.5, 0.6) is 0 Å². The second-order valence-corrected chi connectivity index (χ2v) is 10.1. The highest BCUT2D eigenvalue weighted by Crippen LogP contribution is 2.19. The smallest absolute Gasteiger partial charge is 0.326 e. The number of H-pyrrole nitrogens is 1.